The minimum absolute atomic E-state index is 0.0125. The number of aliphatic hydroxyl groups excluding tert-OH is 1. The number of nitrogens with one attached hydrogen (secondary N) is 1. The summed E-state index contributed by atoms with van der Waals surface area (Å²) in [5.74, 6) is 0.358. The van der Waals surface area contributed by atoms with Gasteiger partial charge in [0.15, 0.2) is 6.10 Å². The van der Waals surface area contributed by atoms with Crippen molar-refractivity contribution in [2.24, 2.45) is 0 Å². The maximum absolute atomic E-state index is 12.1. The molecule has 1 aromatic rings. The van der Waals surface area contributed by atoms with Gasteiger partial charge >= 0.3 is 0 Å². The smallest absolute Gasteiger partial charge is 0.261 e. The Hall–Kier alpha value is -1.26. The standard InChI is InChI=1S/C15H22ClNO3/c1-3-13(15(19)17-11(2)7-6-10-18)20-14-9-5-4-8-12(14)16/h4-5,8-9,11,13,18H,3,6-7,10H2,1-2H3,(H,17,19). The zero-order chi connectivity index (χ0) is 15.0. The first-order valence-corrected chi connectivity index (χ1v) is 7.28. The molecule has 0 spiro atoms. The largest absolute Gasteiger partial charge is 0.479 e. The first-order chi connectivity index (χ1) is 9.58. The van der Waals surface area contributed by atoms with Crippen molar-refractivity contribution >= 4 is 17.5 Å². The number of para-hydroxylation sites is 1. The highest BCUT2D eigenvalue weighted by atomic mass is 35.5. The van der Waals surface area contributed by atoms with Crippen LogP contribution in [0.1, 0.15) is 33.1 Å². The van der Waals surface area contributed by atoms with Gasteiger partial charge in [-0.15, -0.1) is 0 Å². The van der Waals surface area contributed by atoms with Crippen molar-refractivity contribution in [1.29, 1.82) is 0 Å². The lowest BCUT2D eigenvalue weighted by atomic mass is 10.1. The van der Waals surface area contributed by atoms with E-state index in [9.17, 15) is 4.79 Å². The molecule has 0 saturated heterocycles. The van der Waals surface area contributed by atoms with E-state index in [1.54, 1.807) is 12.1 Å². The molecule has 20 heavy (non-hydrogen) atoms. The van der Waals surface area contributed by atoms with Gasteiger partial charge < -0.3 is 15.2 Å². The first kappa shape index (κ1) is 16.8. The lowest BCUT2D eigenvalue weighted by Crippen LogP contribution is -2.42. The predicted molar refractivity (Wildman–Crippen MR) is 80.1 cm³/mol. The van der Waals surface area contributed by atoms with Crippen molar-refractivity contribution in [2.75, 3.05) is 6.61 Å². The summed E-state index contributed by atoms with van der Waals surface area (Å²) < 4.78 is 5.67. The molecule has 0 aromatic heterocycles. The topological polar surface area (TPSA) is 58.6 Å². The Morgan fingerprint density at radius 2 is 2.15 bits per heavy atom. The quantitative estimate of drug-likeness (QED) is 0.776. The molecule has 2 atom stereocenters. The second kappa shape index (κ2) is 8.82. The molecule has 0 aliphatic rings. The molecule has 0 radical (unpaired) electrons. The van der Waals surface area contributed by atoms with Crippen molar-refractivity contribution in [3.05, 3.63) is 29.3 Å². The van der Waals surface area contributed by atoms with Gasteiger partial charge in [-0.3, -0.25) is 4.79 Å². The Morgan fingerprint density at radius 3 is 2.75 bits per heavy atom. The van der Waals surface area contributed by atoms with E-state index in [1.807, 2.05) is 26.0 Å². The third kappa shape index (κ3) is 5.39. The van der Waals surface area contributed by atoms with Gasteiger partial charge in [-0.2, -0.15) is 0 Å². The minimum atomic E-state index is -0.563. The van der Waals surface area contributed by atoms with E-state index in [1.165, 1.54) is 0 Å². The third-order valence-electron chi connectivity index (χ3n) is 2.95. The van der Waals surface area contributed by atoms with Crippen molar-refractivity contribution in [1.82, 2.24) is 5.32 Å². The zero-order valence-corrected chi connectivity index (χ0v) is 12.7. The molecule has 1 amide bonds. The van der Waals surface area contributed by atoms with Gasteiger partial charge in [-0.25, -0.2) is 0 Å². The van der Waals surface area contributed by atoms with E-state index in [2.05, 4.69) is 5.32 Å². The highest BCUT2D eigenvalue weighted by Gasteiger charge is 2.20. The van der Waals surface area contributed by atoms with Gasteiger partial charge in [0, 0.05) is 12.6 Å². The third-order valence-corrected chi connectivity index (χ3v) is 3.27. The summed E-state index contributed by atoms with van der Waals surface area (Å²) >= 11 is 6.02. The summed E-state index contributed by atoms with van der Waals surface area (Å²) in [7, 11) is 0. The van der Waals surface area contributed by atoms with Crippen LogP contribution < -0.4 is 10.1 Å². The Morgan fingerprint density at radius 1 is 1.45 bits per heavy atom. The molecule has 4 nitrogen and oxygen atoms in total. The summed E-state index contributed by atoms with van der Waals surface area (Å²) in [5.41, 5.74) is 0. The highest BCUT2D eigenvalue weighted by Crippen LogP contribution is 2.24. The molecule has 0 aliphatic carbocycles. The van der Waals surface area contributed by atoms with Crippen LogP contribution in [0.3, 0.4) is 0 Å². The molecule has 5 heteroatoms. The number of amides is 1. The number of carbonyl (C=O) groups excluding carboxylic acids is 1. The van der Waals surface area contributed by atoms with Crippen LogP contribution in [0.4, 0.5) is 0 Å². The van der Waals surface area contributed by atoms with Gasteiger partial charge in [0.05, 0.1) is 5.02 Å². The monoisotopic (exact) mass is 299 g/mol. The van der Waals surface area contributed by atoms with Crippen LogP contribution in [0.5, 0.6) is 5.75 Å². The van der Waals surface area contributed by atoms with E-state index in [-0.39, 0.29) is 18.6 Å². The SMILES string of the molecule is CCC(Oc1ccccc1Cl)C(=O)NC(C)CCCO. The summed E-state index contributed by atoms with van der Waals surface area (Å²) in [4.78, 5) is 12.1. The molecule has 1 rings (SSSR count). The normalized spacial score (nSPS) is 13.6. The number of rotatable bonds is 8. The number of hydrogen-bond donors (Lipinski definition) is 2. The molecular weight excluding hydrogens is 278 g/mol. The number of halogens is 1. The van der Waals surface area contributed by atoms with Crippen molar-refractivity contribution in [3.8, 4) is 5.75 Å². The van der Waals surface area contributed by atoms with E-state index in [4.69, 9.17) is 21.4 Å². The van der Waals surface area contributed by atoms with Crippen molar-refractivity contribution in [2.45, 2.75) is 45.3 Å². The number of carbonyl (C=O) groups is 1. The average Bonchev–Trinajstić information content (AvgIpc) is 2.44. The van der Waals surface area contributed by atoms with Gasteiger partial charge in [0.1, 0.15) is 5.75 Å². The van der Waals surface area contributed by atoms with Crippen LogP contribution in [0.15, 0.2) is 24.3 Å². The highest BCUT2D eigenvalue weighted by molar-refractivity contribution is 6.32. The molecule has 0 aliphatic heterocycles. The Labute approximate surface area is 125 Å². The fourth-order valence-corrected chi connectivity index (χ4v) is 2.00. The second-order valence-electron chi connectivity index (χ2n) is 4.72. The summed E-state index contributed by atoms with van der Waals surface area (Å²) in [6, 6.07) is 7.11. The number of ether oxygens (including phenoxy) is 1. The molecule has 0 saturated carbocycles. The van der Waals surface area contributed by atoms with Gasteiger partial charge in [0.25, 0.3) is 5.91 Å². The van der Waals surface area contributed by atoms with Crippen LogP contribution in [0.2, 0.25) is 5.02 Å². The van der Waals surface area contributed by atoms with Gasteiger partial charge in [-0.1, -0.05) is 30.7 Å². The second-order valence-corrected chi connectivity index (χ2v) is 5.13. The predicted octanol–water partition coefficient (Wildman–Crippen LogP) is 2.77. The summed E-state index contributed by atoms with van der Waals surface area (Å²) in [6.45, 7) is 3.93. The molecular formula is C15H22ClNO3. The first-order valence-electron chi connectivity index (χ1n) is 6.90. The molecule has 112 valence electrons. The number of hydrogen-bond acceptors (Lipinski definition) is 3. The van der Waals surface area contributed by atoms with Crippen LogP contribution >= 0.6 is 11.6 Å². The molecule has 2 unspecified atom stereocenters. The lowest BCUT2D eigenvalue weighted by Gasteiger charge is -2.20. The van der Waals surface area contributed by atoms with E-state index in [0.717, 1.165) is 6.42 Å². The summed E-state index contributed by atoms with van der Waals surface area (Å²) in [6.07, 6.45) is 1.41. The summed E-state index contributed by atoms with van der Waals surface area (Å²) in [5, 5.41) is 12.2. The minimum Gasteiger partial charge on any atom is -0.479 e. The van der Waals surface area contributed by atoms with E-state index >= 15 is 0 Å². The van der Waals surface area contributed by atoms with Crippen molar-refractivity contribution in [3.63, 3.8) is 0 Å². The van der Waals surface area contributed by atoms with Crippen LogP contribution in [0.25, 0.3) is 0 Å². The molecule has 0 fully saturated rings. The maximum atomic E-state index is 12.1. The Bertz CT molecular complexity index is 425. The Balaban J connectivity index is 2.57. The fraction of sp³-hybridized carbons (Fsp3) is 0.533. The zero-order valence-electron chi connectivity index (χ0n) is 11.9. The van der Waals surface area contributed by atoms with Gasteiger partial charge in [-0.05, 0) is 38.3 Å². The number of benzene rings is 1. The fourth-order valence-electron chi connectivity index (χ4n) is 1.82. The lowest BCUT2D eigenvalue weighted by molar-refractivity contribution is -0.128. The van der Waals surface area contributed by atoms with Crippen LogP contribution in [-0.2, 0) is 4.79 Å². The van der Waals surface area contributed by atoms with E-state index < -0.39 is 6.10 Å². The molecule has 0 heterocycles. The van der Waals surface area contributed by atoms with Gasteiger partial charge in [0.2, 0.25) is 0 Å². The average molecular weight is 300 g/mol. The van der Waals surface area contributed by atoms with Crippen LogP contribution in [-0.4, -0.2) is 29.8 Å². The number of aliphatic hydroxyl groups is 1. The van der Waals surface area contributed by atoms with E-state index in [0.29, 0.717) is 23.6 Å². The Kier molecular flexibility index (Phi) is 7.41. The molecule has 0 bridgehead atoms. The van der Waals surface area contributed by atoms with Crippen LogP contribution in [0, 0.1) is 0 Å². The molecule has 1 aromatic carbocycles. The molecule has 2 N–H and O–H groups in total. The maximum Gasteiger partial charge on any atom is 0.261 e. The van der Waals surface area contributed by atoms with Crippen molar-refractivity contribution < 1.29 is 14.6 Å².